The lowest BCUT2D eigenvalue weighted by Gasteiger charge is -2.06. The lowest BCUT2D eigenvalue weighted by molar-refractivity contribution is -0.141. The molecule has 1 aliphatic rings. The Balaban J connectivity index is 1.96. The van der Waals surface area contributed by atoms with Gasteiger partial charge in [-0.1, -0.05) is 11.6 Å². The summed E-state index contributed by atoms with van der Waals surface area (Å²) in [6.45, 7) is 1.71. The van der Waals surface area contributed by atoms with Crippen LogP contribution in [0.4, 0.5) is 13.2 Å². The molecule has 2 aromatic heterocycles. The Bertz CT molecular complexity index is 1050. The molecule has 0 aliphatic heterocycles. The number of nitrogens with zero attached hydrogens (tertiary/aromatic N) is 3. The zero-order chi connectivity index (χ0) is 17.9. The smallest absolute Gasteiger partial charge is 0.401 e. The van der Waals surface area contributed by atoms with Gasteiger partial charge in [-0.05, 0) is 37.5 Å². The van der Waals surface area contributed by atoms with Gasteiger partial charge in [-0.2, -0.15) is 18.3 Å². The van der Waals surface area contributed by atoms with Crippen molar-refractivity contribution in [3.63, 3.8) is 0 Å². The average Bonchev–Trinajstić information content (AvgIpc) is 3.25. The number of benzene rings is 1. The monoisotopic (exact) mass is 369 g/mol. The molecule has 4 rings (SSSR count). The number of hydrogen-bond donors (Lipinski definition) is 0. The Labute approximate surface area is 144 Å². The summed E-state index contributed by atoms with van der Waals surface area (Å²) in [6.07, 6.45) is -3.15. The molecule has 25 heavy (non-hydrogen) atoms. The van der Waals surface area contributed by atoms with Crippen LogP contribution in [0.15, 0.2) is 27.4 Å². The van der Waals surface area contributed by atoms with Gasteiger partial charge in [0.25, 0.3) is 0 Å². The Hall–Kier alpha value is -2.35. The molecule has 1 fully saturated rings. The van der Waals surface area contributed by atoms with E-state index in [2.05, 4.69) is 10.1 Å². The van der Waals surface area contributed by atoms with Gasteiger partial charge in [-0.3, -0.25) is 4.68 Å². The molecule has 1 aliphatic carbocycles. The summed E-state index contributed by atoms with van der Waals surface area (Å²) in [4.78, 5) is 16.5. The molecule has 3 aromatic rings. The molecule has 0 atom stereocenters. The zero-order valence-corrected chi connectivity index (χ0v) is 13.6. The maximum atomic E-state index is 13.0. The number of rotatable bonds is 2. The second-order valence-electron chi connectivity index (χ2n) is 6.01. The van der Waals surface area contributed by atoms with Gasteiger partial charge in [0.05, 0.1) is 16.9 Å². The highest BCUT2D eigenvalue weighted by atomic mass is 35.5. The molecule has 2 heterocycles. The Morgan fingerprint density at radius 2 is 2.00 bits per heavy atom. The third-order valence-corrected chi connectivity index (χ3v) is 4.24. The largest absolute Gasteiger partial charge is 0.435 e. The van der Waals surface area contributed by atoms with Gasteiger partial charge < -0.3 is 4.42 Å². The molecule has 1 aromatic carbocycles. The molecular weight excluding hydrogens is 359 g/mol. The van der Waals surface area contributed by atoms with E-state index in [9.17, 15) is 18.0 Å². The van der Waals surface area contributed by atoms with Gasteiger partial charge in [0.15, 0.2) is 5.69 Å². The first-order chi connectivity index (χ1) is 11.7. The second-order valence-corrected chi connectivity index (χ2v) is 6.45. The summed E-state index contributed by atoms with van der Waals surface area (Å²) >= 11 is 5.93. The van der Waals surface area contributed by atoms with Crippen LogP contribution in [0, 0.1) is 6.92 Å². The maximum absolute atomic E-state index is 13.0. The van der Waals surface area contributed by atoms with E-state index >= 15 is 0 Å². The van der Waals surface area contributed by atoms with Crippen LogP contribution in [0.1, 0.15) is 30.1 Å². The van der Waals surface area contributed by atoms with E-state index in [1.807, 2.05) is 0 Å². The van der Waals surface area contributed by atoms with Gasteiger partial charge in [-0.25, -0.2) is 9.78 Å². The van der Waals surface area contributed by atoms with Crippen molar-refractivity contribution in [2.75, 3.05) is 0 Å². The molecule has 0 bridgehead atoms. The van der Waals surface area contributed by atoms with Gasteiger partial charge in [0.1, 0.15) is 5.69 Å². The summed E-state index contributed by atoms with van der Waals surface area (Å²) in [5.74, 6) is -0.183. The quantitative estimate of drug-likeness (QED) is 0.673. The van der Waals surface area contributed by atoms with Gasteiger partial charge in [0, 0.05) is 11.1 Å². The van der Waals surface area contributed by atoms with E-state index in [-0.39, 0.29) is 23.0 Å². The van der Waals surface area contributed by atoms with Crippen molar-refractivity contribution in [1.82, 2.24) is 14.8 Å². The molecule has 5 nitrogen and oxygen atoms in total. The van der Waals surface area contributed by atoms with Crippen LogP contribution in [-0.2, 0) is 6.18 Å². The van der Waals surface area contributed by atoms with E-state index in [1.54, 1.807) is 13.0 Å². The zero-order valence-electron chi connectivity index (χ0n) is 12.9. The molecule has 0 N–H and O–H groups in total. The number of hydrogen-bond acceptors (Lipinski definition) is 4. The fraction of sp³-hybridized carbons (Fsp3) is 0.312. The Morgan fingerprint density at radius 3 is 2.64 bits per heavy atom. The molecule has 0 radical (unpaired) electrons. The summed E-state index contributed by atoms with van der Waals surface area (Å²) in [7, 11) is 0. The summed E-state index contributed by atoms with van der Waals surface area (Å²) < 4.78 is 45.5. The van der Waals surface area contributed by atoms with Crippen molar-refractivity contribution in [2.24, 2.45) is 0 Å². The first-order valence-electron chi connectivity index (χ1n) is 7.52. The van der Waals surface area contributed by atoms with E-state index in [0.717, 1.165) is 18.9 Å². The van der Waals surface area contributed by atoms with Crippen LogP contribution in [-0.4, -0.2) is 14.8 Å². The first kappa shape index (κ1) is 16.1. The van der Waals surface area contributed by atoms with Crippen LogP contribution in [0.2, 0.25) is 5.02 Å². The van der Waals surface area contributed by atoms with Crippen LogP contribution in [0.25, 0.3) is 22.5 Å². The molecule has 1 saturated carbocycles. The third kappa shape index (κ3) is 2.80. The highest BCUT2D eigenvalue weighted by molar-refractivity contribution is 6.31. The van der Waals surface area contributed by atoms with Crippen LogP contribution in [0.3, 0.4) is 0 Å². The summed E-state index contributed by atoms with van der Waals surface area (Å²) in [6, 6.07) is 3.77. The third-order valence-electron chi connectivity index (χ3n) is 4.03. The first-order valence-corrected chi connectivity index (χ1v) is 7.90. The van der Waals surface area contributed by atoms with Crippen molar-refractivity contribution >= 4 is 22.5 Å². The average molecular weight is 370 g/mol. The number of aromatic nitrogens is 3. The molecular formula is C16H11ClF3N3O2. The molecule has 9 heteroatoms. The standard InChI is InChI=1S/C16H11ClF3N3O2/c1-7-4-8(17)5-10-13(7)21-14(25-15(10)24)11-6-12(16(18,19)20)22-23(11)9-2-3-9/h4-6,9H,2-3H2,1H3. The van der Waals surface area contributed by atoms with Gasteiger partial charge >= 0.3 is 11.8 Å². The van der Waals surface area contributed by atoms with Crippen molar-refractivity contribution in [3.05, 3.63) is 44.9 Å². The number of fused-ring (bicyclic) bond motifs is 1. The molecule has 0 spiro atoms. The van der Waals surface area contributed by atoms with E-state index in [0.29, 0.717) is 16.1 Å². The Kier molecular flexibility index (Phi) is 3.44. The summed E-state index contributed by atoms with van der Waals surface area (Å²) in [5.41, 5.74) is -0.726. The highest BCUT2D eigenvalue weighted by Crippen LogP contribution is 2.40. The van der Waals surface area contributed by atoms with Crippen molar-refractivity contribution in [2.45, 2.75) is 32.0 Å². The fourth-order valence-electron chi connectivity index (χ4n) is 2.71. The predicted molar refractivity (Wildman–Crippen MR) is 84.5 cm³/mol. The lowest BCUT2D eigenvalue weighted by atomic mass is 10.1. The van der Waals surface area contributed by atoms with Crippen LogP contribution in [0.5, 0.6) is 0 Å². The normalized spacial score (nSPS) is 15.1. The van der Waals surface area contributed by atoms with Crippen molar-refractivity contribution in [3.8, 4) is 11.6 Å². The van der Waals surface area contributed by atoms with Gasteiger partial charge in [-0.15, -0.1) is 0 Å². The number of aryl methyl sites for hydroxylation is 1. The van der Waals surface area contributed by atoms with Crippen LogP contribution < -0.4 is 5.63 Å². The van der Waals surface area contributed by atoms with E-state index < -0.39 is 17.5 Å². The fourth-order valence-corrected chi connectivity index (χ4v) is 2.98. The van der Waals surface area contributed by atoms with Crippen molar-refractivity contribution in [1.29, 1.82) is 0 Å². The van der Waals surface area contributed by atoms with E-state index in [4.69, 9.17) is 16.0 Å². The Morgan fingerprint density at radius 1 is 1.28 bits per heavy atom. The number of alkyl halides is 3. The second kappa shape index (κ2) is 5.32. The minimum Gasteiger partial charge on any atom is -0.401 e. The van der Waals surface area contributed by atoms with Crippen LogP contribution >= 0.6 is 11.6 Å². The maximum Gasteiger partial charge on any atom is 0.435 e. The molecule has 0 saturated heterocycles. The minimum absolute atomic E-state index is 0.0446. The van der Waals surface area contributed by atoms with Gasteiger partial charge in [0.2, 0.25) is 5.89 Å². The topological polar surface area (TPSA) is 60.9 Å². The lowest BCUT2D eigenvalue weighted by Crippen LogP contribution is -2.08. The number of halogens is 4. The molecule has 130 valence electrons. The minimum atomic E-state index is -4.59. The summed E-state index contributed by atoms with van der Waals surface area (Å²) in [5, 5.41) is 4.17. The van der Waals surface area contributed by atoms with E-state index in [1.165, 1.54) is 10.7 Å². The molecule has 0 amide bonds. The highest BCUT2D eigenvalue weighted by Gasteiger charge is 2.38. The molecule has 0 unspecified atom stereocenters. The predicted octanol–water partition coefficient (Wildman–Crippen LogP) is 4.37. The van der Waals surface area contributed by atoms with Crippen molar-refractivity contribution < 1.29 is 17.6 Å². The SMILES string of the molecule is Cc1cc(Cl)cc2c(=O)oc(-c3cc(C(F)(F)F)nn3C3CC3)nc12.